The molecule has 2 atom stereocenters. The largest absolute Gasteiger partial charge is 0.483 e. The van der Waals surface area contributed by atoms with Crippen molar-refractivity contribution in [1.29, 1.82) is 0 Å². The molecular formula is C24H37N3O4. The summed E-state index contributed by atoms with van der Waals surface area (Å²) in [4.78, 5) is 34.5. The number of nitrogens with one attached hydrogen (secondary N) is 2. The first-order valence-electron chi connectivity index (χ1n) is 11.3. The summed E-state index contributed by atoms with van der Waals surface area (Å²) in [6.45, 7) is 2.70. The molecule has 2 aliphatic rings. The lowest BCUT2D eigenvalue weighted by molar-refractivity contribution is -0.123. The van der Waals surface area contributed by atoms with Gasteiger partial charge in [0, 0.05) is 43.9 Å². The molecule has 2 amide bonds. The van der Waals surface area contributed by atoms with Gasteiger partial charge in [-0.1, -0.05) is 49.6 Å². The predicted octanol–water partition coefficient (Wildman–Crippen LogP) is 2.69. The topological polar surface area (TPSA) is 98.7 Å². The molecule has 1 saturated heterocycles. The smallest absolute Gasteiger partial charge is 0.290 e. The normalized spacial score (nSPS) is 22.6. The summed E-state index contributed by atoms with van der Waals surface area (Å²) in [5.74, 6) is 0.159. The molecule has 0 aromatic heterocycles. The highest BCUT2D eigenvalue weighted by atomic mass is 16.3. The minimum atomic E-state index is -0.250. The maximum absolute atomic E-state index is 12.7. The third kappa shape index (κ3) is 7.35. The number of carboxylic acid groups (broad SMARTS) is 1. The molecule has 1 saturated carbocycles. The summed E-state index contributed by atoms with van der Waals surface area (Å²) in [5.41, 5.74) is 1.45. The highest BCUT2D eigenvalue weighted by Crippen LogP contribution is 2.39. The van der Waals surface area contributed by atoms with Crippen LogP contribution in [-0.2, 0) is 19.8 Å². The molecule has 31 heavy (non-hydrogen) atoms. The van der Waals surface area contributed by atoms with Crippen LogP contribution in [0.3, 0.4) is 0 Å². The summed E-state index contributed by atoms with van der Waals surface area (Å²) in [7, 11) is 2.07. The average molecular weight is 432 g/mol. The standard InChI is InChI=1S/C23H35N3O2.CH2O2/c1-18(27)24-16-21-12-11-20(26(21)2)15-22(28)25-17-23(13-7-4-8-14-23)19-9-5-3-6-10-19;2-1-3/h3,5-6,9-10,20-21H,4,7-8,11-17H2,1-2H3,(H,24,27)(H,25,28);1H,(H,2,3)/t20-,21+;/m0./s1. The molecule has 7 heteroatoms. The van der Waals surface area contributed by atoms with E-state index in [1.165, 1.54) is 24.8 Å². The summed E-state index contributed by atoms with van der Waals surface area (Å²) in [6.07, 6.45) is 8.66. The fourth-order valence-corrected chi connectivity index (χ4v) is 4.99. The number of hydrogen-bond acceptors (Lipinski definition) is 4. The van der Waals surface area contributed by atoms with Crippen molar-refractivity contribution in [3.05, 3.63) is 35.9 Å². The highest BCUT2D eigenvalue weighted by Gasteiger charge is 2.35. The second kappa shape index (κ2) is 12.4. The molecule has 2 fully saturated rings. The Kier molecular flexibility index (Phi) is 9.98. The van der Waals surface area contributed by atoms with Gasteiger partial charge in [0.2, 0.25) is 11.8 Å². The Bertz CT molecular complexity index is 704. The maximum atomic E-state index is 12.7. The van der Waals surface area contributed by atoms with Gasteiger partial charge in [-0.05, 0) is 38.3 Å². The maximum Gasteiger partial charge on any atom is 0.290 e. The SMILES string of the molecule is CC(=O)NC[C@H]1CC[C@@H](CC(=O)NCC2(c3ccccc3)CCCCC2)N1C.O=CO. The monoisotopic (exact) mass is 431 g/mol. The molecule has 3 N–H and O–H groups in total. The Morgan fingerprint density at radius 3 is 2.32 bits per heavy atom. The van der Waals surface area contributed by atoms with Gasteiger partial charge in [0.15, 0.2) is 0 Å². The van der Waals surface area contributed by atoms with Crippen molar-refractivity contribution in [3.8, 4) is 0 Å². The molecule has 7 nitrogen and oxygen atoms in total. The predicted molar refractivity (Wildman–Crippen MR) is 121 cm³/mol. The number of nitrogens with zero attached hydrogens (tertiary/aromatic N) is 1. The number of likely N-dealkylation sites (tertiary alicyclic amines) is 1. The van der Waals surface area contributed by atoms with Crippen LogP contribution in [-0.4, -0.2) is 60.5 Å². The van der Waals surface area contributed by atoms with Gasteiger partial charge in [0.05, 0.1) is 0 Å². The van der Waals surface area contributed by atoms with Crippen LogP contribution in [0.25, 0.3) is 0 Å². The van der Waals surface area contributed by atoms with E-state index in [-0.39, 0.29) is 29.7 Å². The quantitative estimate of drug-likeness (QED) is 0.577. The summed E-state index contributed by atoms with van der Waals surface area (Å²) < 4.78 is 0. The fourth-order valence-electron chi connectivity index (χ4n) is 4.99. The molecule has 3 rings (SSSR count). The first kappa shape index (κ1) is 24.9. The molecule has 1 aromatic carbocycles. The zero-order valence-corrected chi connectivity index (χ0v) is 18.8. The van der Waals surface area contributed by atoms with E-state index in [4.69, 9.17) is 9.90 Å². The Balaban J connectivity index is 0.00000107. The molecule has 0 spiro atoms. The first-order valence-corrected chi connectivity index (χ1v) is 11.3. The van der Waals surface area contributed by atoms with Crippen molar-refractivity contribution >= 4 is 18.3 Å². The molecule has 172 valence electrons. The number of carbonyl (C=O) groups is 3. The third-order valence-electron chi connectivity index (χ3n) is 6.81. The van der Waals surface area contributed by atoms with Crippen LogP contribution >= 0.6 is 0 Å². The molecular weight excluding hydrogens is 394 g/mol. The van der Waals surface area contributed by atoms with E-state index in [0.29, 0.717) is 19.0 Å². The lowest BCUT2D eigenvalue weighted by Crippen LogP contribution is -2.45. The van der Waals surface area contributed by atoms with E-state index in [2.05, 4.69) is 52.9 Å². The van der Waals surface area contributed by atoms with Gasteiger partial charge in [0.1, 0.15) is 0 Å². The second-order valence-electron chi connectivity index (χ2n) is 8.78. The Morgan fingerprint density at radius 1 is 1.10 bits per heavy atom. The number of amides is 2. The zero-order chi connectivity index (χ0) is 22.7. The van der Waals surface area contributed by atoms with Crippen LogP contribution in [0.15, 0.2) is 30.3 Å². The van der Waals surface area contributed by atoms with Gasteiger partial charge in [-0.3, -0.25) is 19.3 Å². The van der Waals surface area contributed by atoms with Gasteiger partial charge in [-0.2, -0.15) is 0 Å². The van der Waals surface area contributed by atoms with E-state index in [0.717, 1.165) is 32.2 Å². The van der Waals surface area contributed by atoms with Crippen molar-refractivity contribution in [2.24, 2.45) is 0 Å². The second-order valence-corrected chi connectivity index (χ2v) is 8.78. The number of benzene rings is 1. The summed E-state index contributed by atoms with van der Waals surface area (Å²) >= 11 is 0. The fraction of sp³-hybridized carbons (Fsp3) is 0.625. The van der Waals surface area contributed by atoms with Gasteiger partial charge in [-0.25, -0.2) is 0 Å². The molecule has 0 bridgehead atoms. The van der Waals surface area contributed by atoms with E-state index >= 15 is 0 Å². The number of carbonyl (C=O) groups excluding carboxylic acids is 2. The lowest BCUT2D eigenvalue weighted by atomic mass is 9.69. The van der Waals surface area contributed by atoms with Gasteiger partial charge in [0.25, 0.3) is 6.47 Å². The molecule has 1 aromatic rings. The van der Waals surface area contributed by atoms with E-state index < -0.39 is 0 Å². The molecule has 1 aliphatic heterocycles. The van der Waals surface area contributed by atoms with Crippen molar-refractivity contribution in [2.75, 3.05) is 20.1 Å². The molecule has 0 radical (unpaired) electrons. The van der Waals surface area contributed by atoms with Crippen molar-refractivity contribution in [1.82, 2.24) is 15.5 Å². The molecule has 1 aliphatic carbocycles. The molecule has 1 heterocycles. The van der Waals surface area contributed by atoms with E-state index in [1.54, 1.807) is 6.92 Å². The van der Waals surface area contributed by atoms with Crippen molar-refractivity contribution < 1.29 is 19.5 Å². The highest BCUT2D eigenvalue weighted by molar-refractivity contribution is 5.76. The number of likely N-dealkylation sites (N-methyl/N-ethyl adjacent to an activating group) is 1. The lowest BCUT2D eigenvalue weighted by Gasteiger charge is -2.38. The van der Waals surface area contributed by atoms with Gasteiger partial charge < -0.3 is 15.7 Å². The third-order valence-corrected chi connectivity index (χ3v) is 6.81. The summed E-state index contributed by atoms with van der Waals surface area (Å²) in [5, 5.41) is 13.1. The van der Waals surface area contributed by atoms with Crippen molar-refractivity contribution in [2.45, 2.75) is 75.8 Å². The van der Waals surface area contributed by atoms with E-state index in [9.17, 15) is 9.59 Å². The van der Waals surface area contributed by atoms with Gasteiger partial charge >= 0.3 is 0 Å². The van der Waals surface area contributed by atoms with Gasteiger partial charge in [-0.15, -0.1) is 0 Å². The number of hydrogen-bond donors (Lipinski definition) is 3. The van der Waals surface area contributed by atoms with Crippen LogP contribution < -0.4 is 10.6 Å². The average Bonchev–Trinajstić information content (AvgIpc) is 3.12. The minimum absolute atomic E-state index is 0.00767. The minimum Gasteiger partial charge on any atom is -0.483 e. The van der Waals surface area contributed by atoms with Crippen LogP contribution in [0, 0.1) is 0 Å². The Hall–Kier alpha value is -2.41. The molecule has 0 unspecified atom stereocenters. The Morgan fingerprint density at radius 2 is 1.71 bits per heavy atom. The number of rotatable bonds is 7. The zero-order valence-electron chi connectivity index (χ0n) is 18.8. The van der Waals surface area contributed by atoms with E-state index in [1.807, 2.05) is 0 Å². The van der Waals surface area contributed by atoms with Crippen LogP contribution in [0.5, 0.6) is 0 Å². The van der Waals surface area contributed by atoms with Crippen LogP contribution in [0.4, 0.5) is 0 Å². The Labute approximate surface area is 185 Å². The van der Waals surface area contributed by atoms with Crippen LogP contribution in [0.1, 0.15) is 63.9 Å². The van der Waals surface area contributed by atoms with Crippen LogP contribution in [0.2, 0.25) is 0 Å². The summed E-state index contributed by atoms with van der Waals surface area (Å²) in [6, 6.07) is 11.3. The van der Waals surface area contributed by atoms with Crippen molar-refractivity contribution in [3.63, 3.8) is 0 Å². The first-order chi connectivity index (χ1) is 14.9.